The zero-order chi connectivity index (χ0) is 22.4. The lowest BCUT2D eigenvalue weighted by Crippen LogP contribution is -2.50. The quantitative estimate of drug-likeness (QED) is 0.411. The second kappa shape index (κ2) is 10.2. The first-order valence-electron chi connectivity index (χ1n) is 11.6. The molecule has 0 amide bonds. The first-order valence-corrected chi connectivity index (χ1v) is 11.6. The van der Waals surface area contributed by atoms with Gasteiger partial charge in [-0.05, 0) is 36.8 Å². The van der Waals surface area contributed by atoms with Gasteiger partial charge in [0.25, 0.3) is 0 Å². The second-order valence-corrected chi connectivity index (χ2v) is 8.89. The predicted molar refractivity (Wildman–Crippen MR) is 125 cm³/mol. The number of carbonyl (C=O) groups excluding carboxylic acids is 1. The van der Waals surface area contributed by atoms with E-state index in [0.717, 1.165) is 50.6 Å². The fraction of sp³-hybridized carbons (Fsp3) is 0.462. The number of esters is 1. The number of ether oxygens (including phenoxy) is 1. The van der Waals surface area contributed by atoms with E-state index in [1.165, 1.54) is 0 Å². The molecule has 3 N–H and O–H groups in total. The van der Waals surface area contributed by atoms with E-state index in [-0.39, 0.29) is 12.0 Å². The lowest BCUT2D eigenvalue weighted by Gasteiger charge is -2.37. The van der Waals surface area contributed by atoms with Gasteiger partial charge in [-0.15, -0.1) is 0 Å². The van der Waals surface area contributed by atoms with E-state index < -0.39 is 11.6 Å². The maximum absolute atomic E-state index is 13.4. The molecule has 170 valence electrons. The highest BCUT2D eigenvalue weighted by atomic mass is 16.6. The Labute approximate surface area is 190 Å². The number of aliphatic imine (C=N–C) groups is 1. The molecule has 0 spiro atoms. The SMILES string of the molecule is NC(=NCc1ccccc1)N1CCCC(OC(=O)C(O)(c2ccccc2)C2CCCC2)C1. The van der Waals surface area contributed by atoms with Crippen molar-refractivity contribution in [2.75, 3.05) is 13.1 Å². The van der Waals surface area contributed by atoms with Crippen molar-refractivity contribution in [2.24, 2.45) is 16.6 Å². The number of rotatable bonds is 6. The third-order valence-corrected chi connectivity index (χ3v) is 6.71. The topological polar surface area (TPSA) is 88.1 Å². The van der Waals surface area contributed by atoms with Crippen LogP contribution in [0.4, 0.5) is 0 Å². The Balaban J connectivity index is 1.43. The van der Waals surface area contributed by atoms with Crippen molar-refractivity contribution < 1.29 is 14.6 Å². The number of hydrogen-bond acceptors (Lipinski definition) is 4. The van der Waals surface area contributed by atoms with Gasteiger partial charge in [0.2, 0.25) is 0 Å². The maximum Gasteiger partial charge on any atom is 0.343 e. The van der Waals surface area contributed by atoms with Crippen molar-refractivity contribution in [2.45, 2.75) is 56.8 Å². The predicted octanol–water partition coefficient (Wildman–Crippen LogP) is 3.59. The summed E-state index contributed by atoms with van der Waals surface area (Å²) < 4.78 is 5.93. The lowest BCUT2D eigenvalue weighted by molar-refractivity contribution is -0.181. The monoisotopic (exact) mass is 435 g/mol. The molecule has 2 atom stereocenters. The van der Waals surface area contributed by atoms with Crippen LogP contribution in [0, 0.1) is 5.92 Å². The fourth-order valence-corrected chi connectivity index (χ4v) is 4.90. The molecule has 32 heavy (non-hydrogen) atoms. The van der Waals surface area contributed by atoms with Crippen LogP contribution in [0.25, 0.3) is 0 Å². The summed E-state index contributed by atoms with van der Waals surface area (Å²) in [5, 5.41) is 11.6. The average molecular weight is 436 g/mol. The number of nitrogens with two attached hydrogens (primary N) is 1. The van der Waals surface area contributed by atoms with Gasteiger partial charge in [0, 0.05) is 12.5 Å². The zero-order valence-electron chi connectivity index (χ0n) is 18.5. The number of hydrogen-bond donors (Lipinski definition) is 2. The number of nitrogens with zero attached hydrogens (tertiary/aromatic N) is 2. The van der Waals surface area contributed by atoms with E-state index in [1.54, 1.807) is 0 Å². The first kappa shape index (κ1) is 22.3. The van der Waals surface area contributed by atoms with E-state index in [2.05, 4.69) is 4.99 Å². The summed E-state index contributed by atoms with van der Waals surface area (Å²) in [6.45, 7) is 1.79. The maximum atomic E-state index is 13.4. The van der Waals surface area contributed by atoms with Gasteiger partial charge < -0.3 is 20.5 Å². The molecular weight excluding hydrogens is 402 g/mol. The summed E-state index contributed by atoms with van der Waals surface area (Å²) >= 11 is 0. The lowest BCUT2D eigenvalue weighted by atomic mass is 9.80. The van der Waals surface area contributed by atoms with Crippen LogP contribution in [-0.4, -0.2) is 41.1 Å². The number of likely N-dealkylation sites (tertiary alicyclic amines) is 1. The van der Waals surface area contributed by atoms with Crippen LogP contribution in [0.2, 0.25) is 0 Å². The van der Waals surface area contributed by atoms with Gasteiger partial charge in [-0.3, -0.25) is 0 Å². The Kier molecular flexibility index (Phi) is 7.10. The molecule has 1 aliphatic heterocycles. The second-order valence-electron chi connectivity index (χ2n) is 8.89. The van der Waals surface area contributed by atoms with Crippen LogP contribution >= 0.6 is 0 Å². The molecule has 0 bridgehead atoms. The van der Waals surface area contributed by atoms with Crippen molar-refractivity contribution >= 4 is 11.9 Å². The minimum absolute atomic E-state index is 0.116. The minimum Gasteiger partial charge on any atom is -0.458 e. The zero-order valence-corrected chi connectivity index (χ0v) is 18.5. The highest BCUT2D eigenvalue weighted by Crippen LogP contribution is 2.41. The van der Waals surface area contributed by atoms with Crippen molar-refractivity contribution in [3.8, 4) is 0 Å². The van der Waals surface area contributed by atoms with Gasteiger partial charge >= 0.3 is 5.97 Å². The van der Waals surface area contributed by atoms with Gasteiger partial charge in [-0.25, -0.2) is 9.79 Å². The number of benzene rings is 2. The molecule has 2 unspecified atom stereocenters. The van der Waals surface area contributed by atoms with Gasteiger partial charge in [-0.2, -0.15) is 0 Å². The van der Waals surface area contributed by atoms with Gasteiger partial charge in [0.05, 0.1) is 13.1 Å². The molecule has 0 aromatic heterocycles. The highest BCUT2D eigenvalue weighted by molar-refractivity contribution is 5.82. The van der Waals surface area contributed by atoms with E-state index >= 15 is 0 Å². The molecule has 2 aliphatic rings. The normalized spacial score (nSPS) is 21.8. The summed E-state index contributed by atoms with van der Waals surface area (Å²) in [6, 6.07) is 19.2. The van der Waals surface area contributed by atoms with Crippen molar-refractivity contribution in [3.05, 3.63) is 71.8 Å². The third-order valence-electron chi connectivity index (χ3n) is 6.71. The Morgan fingerprint density at radius 3 is 2.38 bits per heavy atom. The van der Waals surface area contributed by atoms with Gasteiger partial charge in [0.15, 0.2) is 11.6 Å². The number of carbonyl (C=O) groups is 1. The molecule has 0 radical (unpaired) electrons. The van der Waals surface area contributed by atoms with Crippen LogP contribution in [0.1, 0.15) is 49.7 Å². The molecule has 4 rings (SSSR count). The van der Waals surface area contributed by atoms with Gasteiger partial charge in [0.1, 0.15) is 6.10 Å². The number of piperidine rings is 1. The Morgan fingerprint density at radius 1 is 1.03 bits per heavy atom. The molecule has 2 fully saturated rings. The molecule has 1 saturated carbocycles. The van der Waals surface area contributed by atoms with E-state index in [4.69, 9.17) is 10.5 Å². The largest absolute Gasteiger partial charge is 0.458 e. The molecule has 6 heteroatoms. The standard InChI is InChI=1S/C26H33N3O3/c27-25(28-18-20-10-3-1-4-11-20)29-17-9-16-23(19-29)32-24(30)26(31,22-14-7-8-15-22)21-12-5-2-6-13-21/h1-6,10-13,22-23,31H,7-9,14-19H2,(H2,27,28). The molecule has 1 aliphatic carbocycles. The molecular formula is C26H33N3O3. The molecule has 2 aromatic carbocycles. The minimum atomic E-state index is -1.60. The van der Waals surface area contributed by atoms with E-state index in [9.17, 15) is 9.90 Å². The van der Waals surface area contributed by atoms with Crippen LogP contribution in [0.3, 0.4) is 0 Å². The smallest absolute Gasteiger partial charge is 0.343 e. The van der Waals surface area contributed by atoms with Crippen molar-refractivity contribution in [1.29, 1.82) is 0 Å². The summed E-state index contributed by atoms with van der Waals surface area (Å²) in [5.74, 6) is -0.194. The molecule has 2 aromatic rings. The summed E-state index contributed by atoms with van der Waals surface area (Å²) in [5.41, 5.74) is 6.36. The number of aliphatic hydroxyl groups is 1. The molecule has 1 heterocycles. The van der Waals surface area contributed by atoms with Crippen molar-refractivity contribution in [1.82, 2.24) is 4.90 Å². The Hall–Kier alpha value is -2.86. The first-order chi connectivity index (χ1) is 15.6. The van der Waals surface area contributed by atoms with Gasteiger partial charge in [-0.1, -0.05) is 73.5 Å². The highest BCUT2D eigenvalue weighted by Gasteiger charge is 2.48. The van der Waals surface area contributed by atoms with E-state index in [1.807, 2.05) is 65.6 Å². The summed E-state index contributed by atoms with van der Waals surface area (Å²) in [4.78, 5) is 19.9. The summed E-state index contributed by atoms with van der Waals surface area (Å²) in [6.07, 6.45) is 5.00. The number of guanidine groups is 1. The van der Waals surface area contributed by atoms with E-state index in [0.29, 0.717) is 24.6 Å². The molecule has 1 saturated heterocycles. The van der Waals surface area contributed by atoms with Crippen LogP contribution in [0.5, 0.6) is 0 Å². The third kappa shape index (κ3) is 4.96. The molecule has 6 nitrogen and oxygen atoms in total. The Bertz CT molecular complexity index is 912. The van der Waals surface area contributed by atoms with Crippen LogP contribution in [-0.2, 0) is 21.7 Å². The van der Waals surface area contributed by atoms with Crippen molar-refractivity contribution in [3.63, 3.8) is 0 Å². The average Bonchev–Trinajstić information content (AvgIpc) is 3.39. The summed E-state index contributed by atoms with van der Waals surface area (Å²) in [7, 11) is 0. The van der Waals surface area contributed by atoms with Crippen LogP contribution < -0.4 is 5.73 Å². The Morgan fingerprint density at radius 2 is 1.69 bits per heavy atom. The fourth-order valence-electron chi connectivity index (χ4n) is 4.90. The van der Waals surface area contributed by atoms with Crippen LogP contribution in [0.15, 0.2) is 65.7 Å².